The minimum Gasteiger partial charge on any atom is -0.347 e. The molecule has 126 valence electrons. The molecule has 0 saturated carbocycles. The largest absolute Gasteiger partial charge is 0.347 e. The Kier molecular flexibility index (Phi) is 4.33. The monoisotopic (exact) mass is 361 g/mol. The Bertz CT molecular complexity index is 752. The van der Waals surface area contributed by atoms with Crippen molar-refractivity contribution in [2.45, 2.75) is 31.8 Å². The van der Waals surface area contributed by atoms with Crippen LogP contribution in [0.25, 0.3) is 10.6 Å². The first-order valence-electron chi connectivity index (χ1n) is 8.38. The number of fused-ring (bicyclic) bond motifs is 3. The van der Waals surface area contributed by atoms with Gasteiger partial charge in [-0.15, -0.1) is 11.3 Å². The maximum atomic E-state index is 12.7. The van der Waals surface area contributed by atoms with Crippen LogP contribution in [0.3, 0.4) is 0 Å². The maximum Gasteiger partial charge on any atom is 0.263 e. The van der Waals surface area contributed by atoms with Crippen molar-refractivity contribution in [1.82, 2.24) is 15.2 Å². The standard InChI is InChI=1S/C18H20ClN3OS/c1-11-16(12-5-7-22(11)8-6-12)21-17(23)15-10-20-18(24-15)13-3-2-4-14(19)9-13/h2-4,9-12,16H,5-8H2,1H3,(H,21,23)/t11-,16-/m0/s1. The molecule has 2 bridgehead atoms. The summed E-state index contributed by atoms with van der Waals surface area (Å²) in [6.45, 7) is 4.55. The van der Waals surface area contributed by atoms with Crippen LogP contribution in [-0.2, 0) is 0 Å². The highest BCUT2D eigenvalue weighted by Crippen LogP contribution is 2.33. The fourth-order valence-electron chi connectivity index (χ4n) is 3.90. The third-order valence-electron chi connectivity index (χ3n) is 5.28. The van der Waals surface area contributed by atoms with E-state index in [1.165, 1.54) is 24.2 Å². The van der Waals surface area contributed by atoms with E-state index in [0.717, 1.165) is 23.7 Å². The summed E-state index contributed by atoms with van der Waals surface area (Å²) in [5.41, 5.74) is 0.947. The Morgan fingerprint density at radius 1 is 1.38 bits per heavy atom. The molecule has 4 nitrogen and oxygen atoms in total. The first kappa shape index (κ1) is 16.1. The molecular weight excluding hydrogens is 342 g/mol. The van der Waals surface area contributed by atoms with Crippen LogP contribution in [0.1, 0.15) is 29.4 Å². The smallest absolute Gasteiger partial charge is 0.263 e. The molecule has 0 aliphatic carbocycles. The van der Waals surface area contributed by atoms with E-state index in [9.17, 15) is 4.79 Å². The van der Waals surface area contributed by atoms with Gasteiger partial charge < -0.3 is 5.32 Å². The number of amides is 1. The predicted molar refractivity (Wildman–Crippen MR) is 97.6 cm³/mol. The van der Waals surface area contributed by atoms with Crippen LogP contribution >= 0.6 is 22.9 Å². The number of rotatable bonds is 3. The average Bonchev–Trinajstić information content (AvgIpc) is 3.09. The number of piperidine rings is 3. The van der Waals surface area contributed by atoms with Crippen molar-refractivity contribution in [3.63, 3.8) is 0 Å². The van der Waals surface area contributed by atoms with E-state index in [-0.39, 0.29) is 11.9 Å². The zero-order valence-corrected chi connectivity index (χ0v) is 15.1. The molecule has 2 aromatic rings. The molecule has 3 saturated heterocycles. The zero-order valence-electron chi connectivity index (χ0n) is 13.5. The lowest BCUT2D eigenvalue weighted by molar-refractivity contribution is 0.0218. The van der Waals surface area contributed by atoms with Crippen LogP contribution in [0.4, 0.5) is 0 Å². The van der Waals surface area contributed by atoms with E-state index in [1.807, 2.05) is 24.3 Å². The van der Waals surface area contributed by atoms with Crippen molar-refractivity contribution < 1.29 is 4.79 Å². The number of aromatic nitrogens is 1. The van der Waals surface area contributed by atoms with E-state index in [1.54, 1.807) is 6.20 Å². The van der Waals surface area contributed by atoms with Gasteiger partial charge in [-0.1, -0.05) is 23.7 Å². The number of nitrogens with zero attached hydrogens (tertiary/aromatic N) is 2. The Labute approximate surface area is 150 Å². The molecule has 4 heterocycles. The number of nitrogens with one attached hydrogen (secondary N) is 1. The van der Waals surface area contributed by atoms with E-state index in [0.29, 0.717) is 21.9 Å². The number of carbonyl (C=O) groups is 1. The van der Waals surface area contributed by atoms with Crippen molar-refractivity contribution in [1.29, 1.82) is 0 Å². The molecule has 1 amide bonds. The first-order chi connectivity index (χ1) is 11.6. The molecule has 5 rings (SSSR count). The molecule has 24 heavy (non-hydrogen) atoms. The van der Waals surface area contributed by atoms with Crippen molar-refractivity contribution in [2.24, 2.45) is 5.92 Å². The van der Waals surface area contributed by atoms with Crippen molar-refractivity contribution in [2.75, 3.05) is 13.1 Å². The van der Waals surface area contributed by atoms with Crippen LogP contribution in [0, 0.1) is 5.92 Å². The van der Waals surface area contributed by atoms with Crippen LogP contribution in [0.2, 0.25) is 5.02 Å². The van der Waals surface area contributed by atoms with Gasteiger partial charge in [0.25, 0.3) is 5.91 Å². The summed E-state index contributed by atoms with van der Waals surface area (Å²) in [6, 6.07) is 8.23. The summed E-state index contributed by atoms with van der Waals surface area (Å²) in [7, 11) is 0. The van der Waals surface area contributed by atoms with Crippen molar-refractivity contribution >= 4 is 28.8 Å². The lowest BCUT2D eigenvalue weighted by Crippen LogP contribution is -2.62. The average molecular weight is 362 g/mol. The summed E-state index contributed by atoms with van der Waals surface area (Å²) < 4.78 is 0. The Morgan fingerprint density at radius 2 is 2.17 bits per heavy atom. The van der Waals surface area contributed by atoms with Gasteiger partial charge >= 0.3 is 0 Å². The molecular formula is C18H20ClN3OS. The van der Waals surface area contributed by atoms with Gasteiger partial charge in [-0.3, -0.25) is 9.69 Å². The number of carbonyl (C=O) groups excluding carboxylic acids is 1. The summed E-state index contributed by atoms with van der Waals surface area (Å²) in [5.74, 6) is 0.598. The zero-order chi connectivity index (χ0) is 16.7. The van der Waals surface area contributed by atoms with E-state index >= 15 is 0 Å². The van der Waals surface area contributed by atoms with E-state index in [2.05, 4.69) is 22.1 Å². The predicted octanol–water partition coefficient (Wildman–Crippen LogP) is 3.68. The third-order valence-corrected chi connectivity index (χ3v) is 6.56. The number of hydrogen-bond acceptors (Lipinski definition) is 4. The van der Waals surface area contributed by atoms with Gasteiger partial charge in [0.05, 0.1) is 6.20 Å². The molecule has 3 aliphatic heterocycles. The molecule has 1 aromatic heterocycles. The number of thiazole rings is 1. The van der Waals surface area contributed by atoms with Crippen LogP contribution in [0.15, 0.2) is 30.5 Å². The summed E-state index contributed by atoms with van der Waals surface area (Å²) in [6.07, 6.45) is 4.04. The van der Waals surface area contributed by atoms with Crippen LogP contribution in [-0.4, -0.2) is 41.0 Å². The fraction of sp³-hybridized carbons (Fsp3) is 0.444. The molecule has 2 atom stereocenters. The van der Waals surface area contributed by atoms with Crippen molar-refractivity contribution in [3.05, 3.63) is 40.4 Å². The molecule has 0 unspecified atom stereocenters. The van der Waals surface area contributed by atoms with Gasteiger partial charge in [-0.2, -0.15) is 0 Å². The Balaban J connectivity index is 1.49. The second-order valence-corrected chi connectivity index (χ2v) is 8.12. The fourth-order valence-corrected chi connectivity index (χ4v) is 4.91. The van der Waals surface area contributed by atoms with Crippen LogP contribution < -0.4 is 5.32 Å². The normalized spacial score (nSPS) is 28.8. The quantitative estimate of drug-likeness (QED) is 0.907. The van der Waals surface area contributed by atoms with Gasteiger partial charge in [0.1, 0.15) is 9.88 Å². The first-order valence-corrected chi connectivity index (χ1v) is 9.58. The second-order valence-electron chi connectivity index (χ2n) is 6.65. The molecule has 3 fully saturated rings. The van der Waals surface area contributed by atoms with Gasteiger partial charge in [-0.05, 0) is 50.9 Å². The lowest BCUT2D eigenvalue weighted by atomic mass is 9.79. The van der Waals surface area contributed by atoms with E-state index in [4.69, 9.17) is 11.6 Å². The highest BCUT2D eigenvalue weighted by Gasteiger charge is 2.40. The summed E-state index contributed by atoms with van der Waals surface area (Å²) in [4.78, 5) is 20.2. The highest BCUT2D eigenvalue weighted by molar-refractivity contribution is 7.16. The minimum atomic E-state index is -0.00798. The number of halogens is 1. The van der Waals surface area contributed by atoms with Gasteiger partial charge in [0.15, 0.2) is 0 Å². The topological polar surface area (TPSA) is 45.2 Å². The summed E-state index contributed by atoms with van der Waals surface area (Å²) >= 11 is 7.46. The summed E-state index contributed by atoms with van der Waals surface area (Å²) in [5, 5.41) is 4.76. The van der Waals surface area contributed by atoms with Gasteiger partial charge in [0, 0.05) is 22.7 Å². The van der Waals surface area contributed by atoms with Crippen LogP contribution in [0.5, 0.6) is 0 Å². The van der Waals surface area contributed by atoms with Gasteiger partial charge in [-0.25, -0.2) is 4.98 Å². The van der Waals surface area contributed by atoms with Gasteiger partial charge in [0.2, 0.25) is 0 Å². The van der Waals surface area contributed by atoms with E-state index < -0.39 is 0 Å². The molecule has 0 spiro atoms. The van der Waals surface area contributed by atoms with Crippen molar-refractivity contribution in [3.8, 4) is 10.6 Å². The minimum absolute atomic E-state index is 0.00798. The Hall–Kier alpha value is -1.43. The lowest BCUT2D eigenvalue weighted by Gasteiger charge is -2.49. The number of hydrogen-bond donors (Lipinski definition) is 1. The SMILES string of the molecule is C[C@H]1[C@H](NC(=O)c2cnc(-c3cccc(Cl)c3)s2)C2CCN1CC2. The Morgan fingerprint density at radius 3 is 2.88 bits per heavy atom. The highest BCUT2D eigenvalue weighted by atomic mass is 35.5. The number of benzene rings is 1. The molecule has 1 aromatic carbocycles. The second kappa shape index (κ2) is 6.47. The maximum absolute atomic E-state index is 12.7. The third kappa shape index (κ3) is 2.96. The molecule has 0 radical (unpaired) electrons. The molecule has 1 N–H and O–H groups in total. The molecule has 6 heteroatoms. The molecule has 3 aliphatic rings.